The standard InChI is InChI=1S/C6H11BrO/c1-5(2)6(8)3-4-7/h3-6,8H,1-2H3. The average Bonchev–Trinajstić information content (AvgIpc) is 1.67. The average molecular weight is 179 g/mol. The smallest absolute Gasteiger partial charge is 0.0751 e. The van der Waals surface area contributed by atoms with Gasteiger partial charge in [-0.05, 0) is 17.0 Å². The van der Waals surface area contributed by atoms with Gasteiger partial charge in [0.15, 0.2) is 0 Å². The van der Waals surface area contributed by atoms with Gasteiger partial charge in [-0.3, -0.25) is 0 Å². The lowest BCUT2D eigenvalue weighted by atomic mass is 10.1. The molecule has 0 aromatic heterocycles. The number of rotatable bonds is 2. The monoisotopic (exact) mass is 178 g/mol. The van der Waals surface area contributed by atoms with Gasteiger partial charge in [0.05, 0.1) is 6.10 Å². The summed E-state index contributed by atoms with van der Waals surface area (Å²) in [6, 6.07) is 0. The Labute approximate surface area is 58.5 Å². The van der Waals surface area contributed by atoms with Crippen LogP contribution in [0.4, 0.5) is 0 Å². The van der Waals surface area contributed by atoms with Crippen molar-refractivity contribution in [3.63, 3.8) is 0 Å². The van der Waals surface area contributed by atoms with E-state index in [1.54, 1.807) is 11.1 Å². The normalized spacial score (nSPS) is 15.6. The first-order valence-corrected chi connectivity index (χ1v) is 3.55. The third-order valence-electron chi connectivity index (χ3n) is 0.953. The van der Waals surface area contributed by atoms with Gasteiger partial charge >= 0.3 is 0 Å². The highest BCUT2D eigenvalue weighted by Crippen LogP contribution is 2.02. The molecule has 8 heavy (non-hydrogen) atoms. The minimum atomic E-state index is -0.311. The van der Waals surface area contributed by atoms with Crippen LogP contribution >= 0.6 is 15.9 Å². The summed E-state index contributed by atoms with van der Waals surface area (Å²) >= 11 is 3.08. The second kappa shape index (κ2) is 4.10. The molecule has 0 amide bonds. The molecule has 0 spiro atoms. The highest BCUT2D eigenvalue weighted by atomic mass is 79.9. The van der Waals surface area contributed by atoms with E-state index in [2.05, 4.69) is 15.9 Å². The van der Waals surface area contributed by atoms with Crippen LogP contribution in [0.3, 0.4) is 0 Å². The van der Waals surface area contributed by atoms with Crippen molar-refractivity contribution in [3.8, 4) is 0 Å². The molecule has 1 atom stereocenters. The molecule has 0 aliphatic carbocycles. The van der Waals surface area contributed by atoms with E-state index < -0.39 is 0 Å². The molecule has 0 aliphatic heterocycles. The third-order valence-corrected chi connectivity index (χ3v) is 1.26. The molecule has 0 heterocycles. The summed E-state index contributed by atoms with van der Waals surface area (Å²) in [4.78, 5) is 1.68. The molecule has 0 aromatic rings. The Kier molecular flexibility index (Phi) is 4.19. The number of aliphatic hydroxyl groups excluding tert-OH is 1. The number of hydrogen-bond acceptors (Lipinski definition) is 1. The molecular formula is C6H11BrO. The zero-order valence-electron chi connectivity index (χ0n) is 5.13. The van der Waals surface area contributed by atoms with Gasteiger partial charge in [0.1, 0.15) is 0 Å². The third kappa shape index (κ3) is 3.22. The summed E-state index contributed by atoms with van der Waals surface area (Å²) in [5.74, 6) is 0.309. The topological polar surface area (TPSA) is 20.2 Å². The Morgan fingerprint density at radius 2 is 2.00 bits per heavy atom. The van der Waals surface area contributed by atoms with Crippen LogP contribution < -0.4 is 0 Å². The summed E-state index contributed by atoms with van der Waals surface area (Å²) in [6.45, 7) is 3.94. The predicted molar refractivity (Wildman–Crippen MR) is 38.9 cm³/mol. The Hall–Kier alpha value is 0.180. The summed E-state index contributed by atoms with van der Waals surface area (Å²) in [5, 5.41) is 9.01. The Bertz CT molecular complexity index is 78.6. The van der Waals surface area contributed by atoms with Crippen molar-refractivity contribution in [1.82, 2.24) is 0 Å². The molecule has 0 bridgehead atoms. The van der Waals surface area contributed by atoms with E-state index in [1.165, 1.54) is 0 Å². The molecule has 1 unspecified atom stereocenters. The molecule has 0 fully saturated rings. The summed E-state index contributed by atoms with van der Waals surface area (Å²) in [7, 11) is 0. The van der Waals surface area contributed by atoms with Crippen molar-refractivity contribution in [1.29, 1.82) is 0 Å². The van der Waals surface area contributed by atoms with Gasteiger partial charge in [-0.25, -0.2) is 0 Å². The molecular weight excluding hydrogens is 168 g/mol. The second-order valence-electron chi connectivity index (χ2n) is 2.05. The Morgan fingerprint density at radius 1 is 1.50 bits per heavy atom. The summed E-state index contributed by atoms with van der Waals surface area (Å²) in [6.07, 6.45) is 1.40. The number of aliphatic hydroxyl groups is 1. The highest BCUT2D eigenvalue weighted by Gasteiger charge is 2.01. The zero-order chi connectivity index (χ0) is 6.57. The van der Waals surface area contributed by atoms with Gasteiger partial charge in [-0.15, -0.1) is 0 Å². The molecule has 1 nitrogen and oxygen atoms in total. The van der Waals surface area contributed by atoms with E-state index in [9.17, 15) is 0 Å². The molecule has 2 heteroatoms. The fraction of sp³-hybridized carbons (Fsp3) is 0.667. The van der Waals surface area contributed by atoms with Crippen LogP contribution in [0, 0.1) is 5.92 Å². The zero-order valence-corrected chi connectivity index (χ0v) is 6.72. The fourth-order valence-electron chi connectivity index (χ4n) is 0.297. The molecule has 0 saturated heterocycles. The maximum Gasteiger partial charge on any atom is 0.0751 e. The minimum Gasteiger partial charge on any atom is -0.389 e. The van der Waals surface area contributed by atoms with E-state index in [0.29, 0.717) is 5.92 Å². The maximum atomic E-state index is 9.01. The van der Waals surface area contributed by atoms with Crippen molar-refractivity contribution in [2.45, 2.75) is 20.0 Å². The fourth-order valence-corrected chi connectivity index (χ4v) is 0.609. The van der Waals surface area contributed by atoms with Gasteiger partial charge in [0, 0.05) is 0 Å². The summed E-state index contributed by atoms with van der Waals surface area (Å²) < 4.78 is 0. The molecule has 0 aromatic carbocycles. The largest absolute Gasteiger partial charge is 0.389 e. The van der Waals surface area contributed by atoms with Crippen molar-refractivity contribution in [3.05, 3.63) is 11.1 Å². The SMILES string of the molecule is CC(C)C(O)C=CBr. The first-order valence-electron chi connectivity index (χ1n) is 2.63. The lowest BCUT2D eigenvalue weighted by Crippen LogP contribution is -2.09. The maximum absolute atomic E-state index is 9.01. The van der Waals surface area contributed by atoms with Crippen molar-refractivity contribution < 1.29 is 5.11 Å². The first kappa shape index (κ1) is 8.18. The highest BCUT2D eigenvalue weighted by molar-refractivity contribution is 9.11. The minimum absolute atomic E-state index is 0.309. The summed E-state index contributed by atoms with van der Waals surface area (Å²) in [5.41, 5.74) is 0. The van der Waals surface area contributed by atoms with Crippen LogP contribution in [-0.2, 0) is 0 Å². The van der Waals surface area contributed by atoms with Crippen molar-refractivity contribution >= 4 is 15.9 Å². The Balaban J connectivity index is 3.47. The molecule has 0 rings (SSSR count). The van der Waals surface area contributed by atoms with Crippen LogP contribution in [0.25, 0.3) is 0 Å². The van der Waals surface area contributed by atoms with Crippen LogP contribution in [0.2, 0.25) is 0 Å². The molecule has 1 N–H and O–H groups in total. The van der Waals surface area contributed by atoms with Gasteiger partial charge in [-0.1, -0.05) is 29.8 Å². The van der Waals surface area contributed by atoms with E-state index >= 15 is 0 Å². The van der Waals surface area contributed by atoms with Gasteiger partial charge in [0.2, 0.25) is 0 Å². The van der Waals surface area contributed by atoms with Gasteiger partial charge in [-0.2, -0.15) is 0 Å². The quantitative estimate of drug-likeness (QED) is 0.686. The first-order chi connectivity index (χ1) is 3.68. The van der Waals surface area contributed by atoms with E-state index in [0.717, 1.165) is 0 Å². The van der Waals surface area contributed by atoms with Crippen LogP contribution in [0.1, 0.15) is 13.8 Å². The molecule has 0 saturated carbocycles. The van der Waals surface area contributed by atoms with E-state index in [1.807, 2.05) is 13.8 Å². The van der Waals surface area contributed by atoms with Crippen LogP contribution in [-0.4, -0.2) is 11.2 Å². The number of hydrogen-bond donors (Lipinski definition) is 1. The second-order valence-corrected chi connectivity index (χ2v) is 2.58. The Morgan fingerprint density at radius 3 is 2.12 bits per heavy atom. The molecule has 0 aliphatic rings. The predicted octanol–water partition coefficient (Wildman–Crippen LogP) is 1.91. The molecule has 0 radical (unpaired) electrons. The lowest BCUT2D eigenvalue weighted by molar-refractivity contribution is 0.172. The number of halogens is 1. The van der Waals surface area contributed by atoms with Gasteiger partial charge in [0.25, 0.3) is 0 Å². The van der Waals surface area contributed by atoms with Crippen molar-refractivity contribution in [2.24, 2.45) is 5.92 Å². The van der Waals surface area contributed by atoms with E-state index in [4.69, 9.17) is 5.11 Å². The van der Waals surface area contributed by atoms with E-state index in [-0.39, 0.29) is 6.10 Å². The van der Waals surface area contributed by atoms with Crippen LogP contribution in [0.5, 0.6) is 0 Å². The molecule has 48 valence electrons. The van der Waals surface area contributed by atoms with Crippen LogP contribution in [0.15, 0.2) is 11.1 Å². The van der Waals surface area contributed by atoms with Crippen molar-refractivity contribution in [2.75, 3.05) is 0 Å². The van der Waals surface area contributed by atoms with Gasteiger partial charge < -0.3 is 5.11 Å². The lowest BCUT2D eigenvalue weighted by Gasteiger charge is -2.06.